The van der Waals surface area contributed by atoms with Crippen LogP contribution in [0.5, 0.6) is 0 Å². The largest absolute Gasteiger partial charge is 0.371 e. The van der Waals surface area contributed by atoms with E-state index < -0.39 is 0 Å². The van der Waals surface area contributed by atoms with Crippen LogP contribution >= 0.6 is 11.6 Å². The van der Waals surface area contributed by atoms with Crippen LogP contribution < -0.4 is 10.6 Å². The van der Waals surface area contributed by atoms with Gasteiger partial charge in [-0.2, -0.15) is 0 Å². The van der Waals surface area contributed by atoms with Crippen molar-refractivity contribution in [2.45, 2.75) is 18.6 Å². The molecule has 114 valence electrons. The Morgan fingerprint density at radius 3 is 2.64 bits per heavy atom. The highest BCUT2D eigenvalue weighted by molar-refractivity contribution is 6.30. The Hall–Kier alpha value is -2.11. The molecule has 2 heterocycles. The van der Waals surface area contributed by atoms with Crippen molar-refractivity contribution in [2.75, 3.05) is 11.9 Å². The van der Waals surface area contributed by atoms with Crippen LogP contribution in [-0.4, -0.2) is 23.7 Å². The van der Waals surface area contributed by atoms with Gasteiger partial charge in [-0.25, -0.2) is 4.79 Å². The third kappa shape index (κ3) is 3.55. The summed E-state index contributed by atoms with van der Waals surface area (Å²) in [4.78, 5) is 16.0. The highest BCUT2D eigenvalue weighted by Gasteiger charge is 2.30. The summed E-state index contributed by atoms with van der Waals surface area (Å²) in [5, 5.41) is 6.43. The summed E-state index contributed by atoms with van der Waals surface area (Å²) in [5.41, 5.74) is 1.71. The Kier molecular flexibility index (Phi) is 4.56. The average Bonchev–Trinajstić information content (AvgIpc) is 2.97. The van der Waals surface area contributed by atoms with Gasteiger partial charge >= 0.3 is 6.03 Å². The van der Waals surface area contributed by atoms with E-state index in [9.17, 15) is 4.79 Å². The monoisotopic (exact) mass is 317 g/mol. The zero-order chi connectivity index (χ0) is 15.4. The van der Waals surface area contributed by atoms with Crippen LogP contribution in [0.2, 0.25) is 5.02 Å². The molecule has 2 atom stereocenters. The number of amides is 2. The number of nitrogens with one attached hydrogen (secondary N) is 2. The van der Waals surface area contributed by atoms with Gasteiger partial charge in [0.1, 0.15) is 6.10 Å². The van der Waals surface area contributed by atoms with Crippen molar-refractivity contribution in [3.8, 4) is 0 Å². The Morgan fingerprint density at radius 2 is 1.91 bits per heavy atom. The van der Waals surface area contributed by atoms with Crippen LogP contribution in [0.25, 0.3) is 0 Å². The smallest absolute Gasteiger partial charge is 0.319 e. The third-order valence-electron chi connectivity index (χ3n) is 3.54. The molecule has 1 aliphatic rings. The first-order valence-electron chi connectivity index (χ1n) is 7.07. The molecule has 0 aliphatic carbocycles. The molecule has 1 saturated heterocycles. The first kappa shape index (κ1) is 14.8. The van der Waals surface area contributed by atoms with E-state index in [1.807, 2.05) is 24.3 Å². The number of halogens is 1. The van der Waals surface area contributed by atoms with Crippen molar-refractivity contribution in [1.82, 2.24) is 10.3 Å². The van der Waals surface area contributed by atoms with Gasteiger partial charge in [0.2, 0.25) is 0 Å². The number of hydrogen-bond donors (Lipinski definition) is 2. The number of benzene rings is 1. The number of ether oxygens (including phenoxy) is 1. The molecule has 2 N–H and O–H groups in total. The fraction of sp³-hybridized carbons (Fsp3) is 0.250. The van der Waals surface area contributed by atoms with E-state index in [-0.39, 0.29) is 18.2 Å². The van der Waals surface area contributed by atoms with E-state index in [0.717, 1.165) is 12.0 Å². The van der Waals surface area contributed by atoms with Crippen molar-refractivity contribution in [1.29, 1.82) is 0 Å². The van der Waals surface area contributed by atoms with Crippen molar-refractivity contribution in [3.05, 3.63) is 59.4 Å². The molecule has 0 bridgehead atoms. The highest BCUT2D eigenvalue weighted by Crippen LogP contribution is 2.29. The maximum absolute atomic E-state index is 12.1. The lowest BCUT2D eigenvalue weighted by Gasteiger charge is -2.20. The predicted molar refractivity (Wildman–Crippen MR) is 84.9 cm³/mol. The van der Waals surface area contributed by atoms with Gasteiger partial charge in [-0.3, -0.25) is 4.98 Å². The molecule has 5 nitrogen and oxygen atoms in total. The number of aromatic nitrogens is 1. The second-order valence-electron chi connectivity index (χ2n) is 5.07. The summed E-state index contributed by atoms with van der Waals surface area (Å²) >= 11 is 5.90. The number of rotatable bonds is 3. The molecule has 6 heteroatoms. The number of carbonyl (C=O) groups is 1. The summed E-state index contributed by atoms with van der Waals surface area (Å²) in [5.74, 6) is 0. The first-order valence-corrected chi connectivity index (χ1v) is 7.45. The molecule has 1 fully saturated rings. The Morgan fingerprint density at radius 1 is 1.18 bits per heavy atom. The minimum Gasteiger partial charge on any atom is -0.371 e. The molecule has 0 spiro atoms. The third-order valence-corrected chi connectivity index (χ3v) is 3.80. The van der Waals surface area contributed by atoms with Crippen molar-refractivity contribution < 1.29 is 9.53 Å². The molecular weight excluding hydrogens is 302 g/mol. The SMILES string of the molecule is O=C(Nc1ccncc1)N[C@@H]1CCO[C@@H]1c1ccc(Cl)cc1. The lowest BCUT2D eigenvalue weighted by atomic mass is 10.0. The Bertz CT molecular complexity index is 634. The lowest BCUT2D eigenvalue weighted by Crippen LogP contribution is -2.39. The maximum Gasteiger partial charge on any atom is 0.319 e. The average molecular weight is 318 g/mol. The van der Waals surface area contributed by atoms with Gasteiger partial charge in [-0.15, -0.1) is 0 Å². The summed E-state index contributed by atoms with van der Waals surface area (Å²) in [6, 6.07) is 10.7. The van der Waals surface area contributed by atoms with Gasteiger partial charge in [0.25, 0.3) is 0 Å². The predicted octanol–water partition coefficient (Wildman–Crippen LogP) is 3.39. The number of urea groups is 1. The standard InChI is InChI=1S/C16H16ClN3O2/c17-12-3-1-11(2-4-12)15-14(7-10-22-15)20-16(21)19-13-5-8-18-9-6-13/h1-6,8-9,14-15H,7,10H2,(H2,18,19,20,21)/t14-,15-/m1/s1. The van der Waals surface area contributed by atoms with E-state index in [0.29, 0.717) is 17.3 Å². The molecule has 2 aromatic rings. The van der Waals surface area contributed by atoms with Crippen LogP contribution in [-0.2, 0) is 4.74 Å². The number of nitrogens with zero attached hydrogens (tertiary/aromatic N) is 1. The quantitative estimate of drug-likeness (QED) is 0.912. The zero-order valence-electron chi connectivity index (χ0n) is 11.8. The minimum atomic E-state index is -0.249. The van der Waals surface area contributed by atoms with Crippen molar-refractivity contribution in [2.24, 2.45) is 0 Å². The van der Waals surface area contributed by atoms with Gasteiger partial charge in [-0.1, -0.05) is 23.7 Å². The van der Waals surface area contributed by atoms with E-state index in [4.69, 9.17) is 16.3 Å². The molecule has 0 saturated carbocycles. The van der Waals surface area contributed by atoms with Crippen LogP contribution in [0.3, 0.4) is 0 Å². The molecule has 0 radical (unpaired) electrons. The van der Waals surface area contributed by atoms with Gasteiger partial charge in [-0.05, 0) is 36.2 Å². The van der Waals surface area contributed by atoms with Crippen LogP contribution in [0.15, 0.2) is 48.8 Å². The van der Waals surface area contributed by atoms with Crippen LogP contribution in [0, 0.1) is 0 Å². The molecule has 1 aliphatic heterocycles. The molecule has 2 amide bonds. The minimum absolute atomic E-state index is 0.0667. The van der Waals surface area contributed by atoms with E-state index >= 15 is 0 Å². The van der Waals surface area contributed by atoms with Crippen LogP contribution in [0.1, 0.15) is 18.1 Å². The van der Waals surface area contributed by atoms with Gasteiger partial charge in [0.15, 0.2) is 0 Å². The maximum atomic E-state index is 12.1. The van der Waals surface area contributed by atoms with Crippen LogP contribution in [0.4, 0.5) is 10.5 Å². The summed E-state index contributed by atoms with van der Waals surface area (Å²) in [7, 11) is 0. The van der Waals surface area contributed by atoms with Crippen molar-refractivity contribution >= 4 is 23.3 Å². The van der Waals surface area contributed by atoms with Gasteiger partial charge < -0.3 is 15.4 Å². The number of hydrogen-bond acceptors (Lipinski definition) is 3. The molecule has 3 rings (SSSR count). The molecule has 0 unspecified atom stereocenters. The Balaban J connectivity index is 1.63. The van der Waals surface area contributed by atoms with Crippen molar-refractivity contribution in [3.63, 3.8) is 0 Å². The van der Waals surface area contributed by atoms with E-state index in [2.05, 4.69) is 15.6 Å². The molecule has 1 aromatic heterocycles. The number of carbonyl (C=O) groups excluding carboxylic acids is 1. The zero-order valence-corrected chi connectivity index (χ0v) is 12.6. The molecule has 22 heavy (non-hydrogen) atoms. The lowest BCUT2D eigenvalue weighted by molar-refractivity contribution is 0.100. The molecular formula is C16H16ClN3O2. The van der Waals surface area contributed by atoms with Gasteiger partial charge in [0, 0.05) is 29.7 Å². The fourth-order valence-electron chi connectivity index (χ4n) is 2.49. The highest BCUT2D eigenvalue weighted by atomic mass is 35.5. The number of pyridine rings is 1. The van der Waals surface area contributed by atoms with Gasteiger partial charge in [0.05, 0.1) is 6.04 Å². The summed E-state index contributed by atoms with van der Waals surface area (Å²) in [6.45, 7) is 0.619. The van der Waals surface area contributed by atoms with E-state index in [1.165, 1.54) is 0 Å². The van der Waals surface area contributed by atoms with E-state index in [1.54, 1.807) is 24.5 Å². The summed E-state index contributed by atoms with van der Waals surface area (Å²) < 4.78 is 5.75. The second kappa shape index (κ2) is 6.77. The number of anilines is 1. The first-order chi connectivity index (χ1) is 10.7. The Labute approximate surface area is 133 Å². The fourth-order valence-corrected chi connectivity index (χ4v) is 2.62. The normalized spacial score (nSPS) is 20.6. The topological polar surface area (TPSA) is 63.2 Å². The summed E-state index contributed by atoms with van der Waals surface area (Å²) in [6.07, 6.45) is 3.88. The second-order valence-corrected chi connectivity index (χ2v) is 5.51. The molecule has 1 aromatic carbocycles.